The molecule has 0 fully saturated rings. The minimum absolute atomic E-state index is 0.0207. The van der Waals surface area contributed by atoms with Gasteiger partial charge in [-0.05, 0) is 31.0 Å². The predicted molar refractivity (Wildman–Crippen MR) is 77.8 cm³/mol. The lowest BCUT2D eigenvalue weighted by Crippen LogP contribution is -2.30. The summed E-state index contributed by atoms with van der Waals surface area (Å²) < 4.78 is 0. The molecule has 3 heteroatoms. The van der Waals surface area contributed by atoms with Gasteiger partial charge >= 0.3 is 0 Å². The van der Waals surface area contributed by atoms with Crippen LogP contribution in [0.15, 0.2) is 18.2 Å². The Morgan fingerprint density at radius 3 is 2.68 bits per heavy atom. The first-order chi connectivity index (χ1) is 8.90. The summed E-state index contributed by atoms with van der Waals surface area (Å²) >= 11 is 0. The molecule has 0 atom stereocenters. The van der Waals surface area contributed by atoms with Crippen molar-refractivity contribution in [3.05, 3.63) is 29.3 Å². The monoisotopic (exact) mass is 259 g/mol. The third-order valence-electron chi connectivity index (χ3n) is 3.22. The number of aliphatic hydroxyl groups is 1. The Hall–Kier alpha value is -1.79. The second-order valence-corrected chi connectivity index (χ2v) is 5.20. The Kier molecular flexibility index (Phi) is 5.14. The summed E-state index contributed by atoms with van der Waals surface area (Å²) in [5.41, 5.74) is 2.07. The van der Waals surface area contributed by atoms with Crippen molar-refractivity contribution in [2.24, 2.45) is 5.41 Å². The highest BCUT2D eigenvalue weighted by Gasteiger charge is 2.25. The van der Waals surface area contributed by atoms with Crippen LogP contribution in [-0.4, -0.2) is 17.6 Å². The van der Waals surface area contributed by atoms with E-state index < -0.39 is 5.41 Å². The second kappa shape index (κ2) is 6.40. The summed E-state index contributed by atoms with van der Waals surface area (Å²) in [5.74, 6) is 5.43. The summed E-state index contributed by atoms with van der Waals surface area (Å²) in [5, 5.41) is 11.7. The van der Waals surface area contributed by atoms with Crippen LogP contribution in [0.2, 0.25) is 0 Å². The van der Waals surface area contributed by atoms with Gasteiger partial charge in [-0.25, -0.2) is 0 Å². The van der Waals surface area contributed by atoms with E-state index in [0.29, 0.717) is 5.69 Å². The Balaban J connectivity index is 3.06. The van der Waals surface area contributed by atoms with Crippen LogP contribution >= 0.6 is 0 Å². The van der Waals surface area contributed by atoms with Crippen LogP contribution in [0.3, 0.4) is 0 Å². The standard InChI is InChI=1S/C16H21NO2/c1-5-16(3,4)15(19)17-14-11-12(2)8-9-13(14)7-6-10-18/h8-9,11,18H,5,10H2,1-4H3,(H,17,19). The smallest absolute Gasteiger partial charge is 0.230 e. The van der Waals surface area contributed by atoms with Crippen LogP contribution in [0.25, 0.3) is 0 Å². The Bertz CT molecular complexity index is 521. The molecule has 0 heterocycles. The first kappa shape index (κ1) is 15.3. The first-order valence-electron chi connectivity index (χ1n) is 6.42. The molecule has 102 valence electrons. The largest absolute Gasteiger partial charge is 0.384 e. The van der Waals surface area contributed by atoms with E-state index in [1.54, 1.807) is 0 Å². The van der Waals surface area contributed by atoms with Crippen molar-refractivity contribution < 1.29 is 9.90 Å². The number of hydrogen-bond donors (Lipinski definition) is 2. The molecule has 0 aromatic heterocycles. The fourth-order valence-corrected chi connectivity index (χ4v) is 1.46. The summed E-state index contributed by atoms with van der Waals surface area (Å²) in [6, 6.07) is 5.68. The quantitative estimate of drug-likeness (QED) is 0.820. The molecule has 0 saturated heterocycles. The molecule has 2 N–H and O–H groups in total. The van der Waals surface area contributed by atoms with Gasteiger partial charge in [0.15, 0.2) is 0 Å². The highest BCUT2D eigenvalue weighted by atomic mass is 16.2. The Morgan fingerprint density at radius 1 is 1.42 bits per heavy atom. The first-order valence-corrected chi connectivity index (χ1v) is 6.42. The van der Waals surface area contributed by atoms with Crippen LogP contribution < -0.4 is 5.32 Å². The van der Waals surface area contributed by atoms with Gasteiger partial charge < -0.3 is 10.4 Å². The minimum Gasteiger partial charge on any atom is -0.384 e. The van der Waals surface area contributed by atoms with Crippen LogP contribution in [0, 0.1) is 24.2 Å². The zero-order chi connectivity index (χ0) is 14.5. The van der Waals surface area contributed by atoms with Gasteiger partial charge in [-0.1, -0.05) is 38.7 Å². The zero-order valence-electron chi connectivity index (χ0n) is 12.0. The van der Waals surface area contributed by atoms with E-state index in [-0.39, 0.29) is 12.5 Å². The molecule has 0 aliphatic carbocycles. The molecule has 0 spiro atoms. The maximum Gasteiger partial charge on any atom is 0.230 e. The molecular formula is C16H21NO2. The highest BCUT2D eigenvalue weighted by Crippen LogP contribution is 2.24. The van der Waals surface area contributed by atoms with Gasteiger partial charge in [0.2, 0.25) is 5.91 Å². The summed E-state index contributed by atoms with van der Waals surface area (Å²) in [6.07, 6.45) is 0.766. The maximum atomic E-state index is 12.2. The van der Waals surface area contributed by atoms with E-state index >= 15 is 0 Å². The number of carbonyl (C=O) groups is 1. The Morgan fingerprint density at radius 2 is 2.11 bits per heavy atom. The number of hydrogen-bond acceptors (Lipinski definition) is 2. The molecule has 0 aliphatic heterocycles. The fraction of sp³-hybridized carbons (Fsp3) is 0.438. The number of amides is 1. The van der Waals surface area contributed by atoms with Crippen LogP contribution in [-0.2, 0) is 4.79 Å². The van der Waals surface area contributed by atoms with Crippen molar-refractivity contribution in [1.82, 2.24) is 0 Å². The SMILES string of the molecule is CCC(C)(C)C(=O)Nc1cc(C)ccc1C#CCO. The lowest BCUT2D eigenvalue weighted by Gasteiger charge is -2.22. The fourth-order valence-electron chi connectivity index (χ4n) is 1.46. The van der Waals surface area contributed by atoms with Gasteiger partial charge in [0.05, 0.1) is 5.69 Å². The maximum absolute atomic E-state index is 12.2. The topological polar surface area (TPSA) is 49.3 Å². The van der Waals surface area contributed by atoms with E-state index in [2.05, 4.69) is 17.2 Å². The summed E-state index contributed by atoms with van der Waals surface area (Å²) in [4.78, 5) is 12.2. The van der Waals surface area contributed by atoms with Gasteiger partial charge in [-0.15, -0.1) is 0 Å². The number of rotatable bonds is 3. The van der Waals surface area contributed by atoms with E-state index in [1.165, 1.54) is 0 Å². The molecule has 3 nitrogen and oxygen atoms in total. The minimum atomic E-state index is -0.411. The van der Waals surface area contributed by atoms with Gasteiger partial charge in [-0.3, -0.25) is 4.79 Å². The number of aliphatic hydroxyl groups excluding tert-OH is 1. The molecule has 0 saturated carbocycles. The Labute approximate surface area is 115 Å². The van der Waals surface area contributed by atoms with E-state index in [1.807, 2.05) is 45.9 Å². The van der Waals surface area contributed by atoms with E-state index in [9.17, 15) is 4.79 Å². The molecule has 0 aliphatic rings. The average molecular weight is 259 g/mol. The third-order valence-corrected chi connectivity index (χ3v) is 3.22. The number of anilines is 1. The third kappa shape index (κ3) is 4.11. The summed E-state index contributed by atoms with van der Waals surface area (Å²) in [6.45, 7) is 7.59. The molecular weight excluding hydrogens is 238 g/mol. The van der Waals surface area contributed by atoms with Crippen molar-refractivity contribution in [3.8, 4) is 11.8 Å². The van der Waals surface area contributed by atoms with Crippen LogP contribution in [0.1, 0.15) is 38.3 Å². The van der Waals surface area contributed by atoms with Gasteiger partial charge in [-0.2, -0.15) is 0 Å². The number of nitrogens with one attached hydrogen (secondary N) is 1. The van der Waals surface area contributed by atoms with Crippen LogP contribution in [0.5, 0.6) is 0 Å². The lowest BCUT2D eigenvalue weighted by atomic mass is 9.89. The highest BCUT2D eigenvalue weighted by molar-refractivity contribution is 5.96. The molecule has 19 heavy (non-hydrogen) atoms. The molecule has 1 amide bonds. The molecule has 0 bridgehead atoms. The average Bonchev–Trinajstić information content (AvgIpc) is 2.37. The summed E-state index contributed by atoms with van der Waals surface area (Å²) in [7, 11) is 0. The van der Waals surface area contributed by atoms with Crippen molar-refractivity contribution in [2.75, 3.05) is 11.9 Å². The second-order valence-electron chi connectivity index (χ2n) is 5.20. The van der Waals surface area contributed by atoms with Gasteiger partial charge in [0.1, 0.15) is 6.61 Å². The molecule has 1 rings (SSSR count). The van der Waals surface area contributed by atoms with Gasteiger partial charge in [0.25, 0.3) is 0 Å². The predicted octanol–water partition coefficient (Wildman–Crippen LogP) is 2.71. The van der Waals surface area contributed by atoms with E-state index in [4.69, 9.17) is 5.11 Å². The van der Waals surface area contributed by atoms with Crippen molar-refractivity contribution >= 4 is 11.6 Å². The van der Waals surface area contributed by atoms with Crippen molar-refractivity contribution in [1.29, 1.82) is 0 Å². The number of benzene rings is 1. The van der Waals surface area contributed by atoms with Crippen molar-refractivity contribution in [2.45, 2.75) is 34.1 Å². The van der Waals surface area contributed by atoms with Crippen LogP contribution in [0.4, 0.5) is 5.69 Å². The number of carbonyl (C=O) groups excluding carboxylic acids is 1. The van der Waals surface area contributed by atoms with E-state index in [0.717, 1.165) is 17.5 Å². The molecule has 0 unspecified atom stereocenters. The molecule has 1 aromatic rings. The van der Waals surface area contributed by atoms with Gasteiger partial charge in [0, 0.05) is 11.0 Å². The molecule has 1 aromatic carbocycles. The normalized spacial score (nSPS) is 10.6. The lowest BCUT2D eigenvalue weighted by molar-refractivity contribution is -0.124. The van der Waals surface area contributed by atoms with Crippen molar-refractivity contribution in [3.63, 3.8) is 0 Å². The molecule has 0 radical (unpaired) electrons. The zero-order valence-corrected chi connectivity index (χ0v) is 12.0. The number of aryl methyl sites for hydroxylation is 1.